The second kappa shape index (κ2) is 11.9. The maximum atomic E-state index is 11.3. The average molecular weight is 478 g/mol. The summed E-state index contributed by atoms with van der Waals surface area (Å²) in [5.41, 5.74) is 1.32. The van der Waals surface area contributed by atoms with E-state index in [4.69, 9.17) is 9.47 Å². The highest BCUT2D eigenvalue weighted by molar-refractivity contribution is 14.0. The number of aliphatic imine (C=N–C) groups is 1. The first kappa shape index (κ1) is 24.5. The molecule has 0 saturated heterocycles. The van der Waals surface area contributed by atoms with E-state index in [0.29, 0.717) is 30.5 Å². The number of nitrogens with one attached hydrogen (secondary N) is 3. The zero-order valence-electron chi connectivity index (χ0n) is 16.4. The summed E-state index contributed by atoms with van der Waals surface area (Å²) in [5.74, 6) is 1.19. The molecule has 0 bridgehead atoms. The van der Waals surface area contributed by atoms with Crippen molar-refractivity contribution >= 4 is 41.5 Å². The van der Waals surface area contributed by atoms with Crippen LogP contribution in [-0.4, -0.2) is 44.8 Å². The van der Waals surface area contributed by atoms with E-state index in [0.717, 1.165) is 12.1 Å². The molecule has 0 aromatic heterocycles. The molecular weight excluding hydrogens is 447 g/mol. The van der Waals surface area contributed by atoms with Crippen molar-refractivity contribution in [1.82, 2.24) is 10.6 Å². The van der Waals surface area contributed by atoms with Gasteiger partial charge in [0, 0.05) is 27.1 Å². The van der Waals surface area contributed by atoms with E-state index in [1.54, 1.807) is 14.2 Å². The Labute approximate surface area is 173 Å². The van der Waals surface area contributed by atoms with Crippen LogP contribution in [0.3, 0.4) is 0 Å². The number of benzene rings is 1. The molecule has 8 heteroatoms. The minimum atomic E-state index is -0.283. The molecule has 0 aliphatic heterocycles. The maximum Gasteiger partial charge on any atom is 0.221 e. The Morgan fingerprint density at radius 2 is 1.92 bits per heavy atom. The second-order valence-electron chi connectivity index (χ2n) is 6.23. The molecule has 0 heterocycles. The third kappa shape index (κ3) is 8.70. The maximum absolute atomic E-state index is 11.3. The lowest BCUT2D eigenvalue weighted by atomic mass is 10.1. The molecule has 1 aromatic carbocycles. The number of guanidine groups is 1. The smallest absolute Gasteiger partial charge is 0.221 e. The molecule has 0 spiro atoms. The van der Waals surface area contributed by atoms with Gasteiger partial charge in [-0.3, -0.25) is 4.79 Å². The van der Waals surface area contributed by atoms with Gasteiger partial charge in [0.15, 0.2) is 5.96 Å². The van der Waals surface area contributed by atoms with Crippen molar-refractivity contribution in [3.63, 3.8) is 0 Å². The Balaban J connectivity index is 0.00000625. The Hall–Kier alpha value is -1.55. The van der Waals surface area contributed by atoms with E-state index in [-0.39, 0.29) is 35.5 Å². The van der Waals surface area contributed by atoms with E-state index < -0.39 is 0 Å². The number of anilines is 1. The molecular formula is C18H31IN4O3. The number of nitrogens with zero attached hydrogens (tertiary/aromatic N) is 1. The van der Waals surface area contributed by atoms with Gasteiger partial charge in [-0.1, -0.05) is 6.07 Å². The summed E-state index contributed by atoms with van der Waals surface area (Å²) in [6, 6.07) is 5.62. The van der Waals surface area contributed by atoms with Crippen molar-refractivity contribution < 1.29 is 14.3 Å². The van der Waals surface area contributed by atoms with Gasteiger partial charge in [0.05, 0.1) is 24.9 Å². The Bertz CT molecular complexity index is 606. The summed E-state index contributed by atoms with van der Waals surface area (Å²) in [7, 11) is 3.26. The summed E-state index contributed by atoms with van der Waals surface area (Å²) in [5, 5.41) is 9.25. The zero-order chi connectivity index (χ0) is 18.9. The van der Waals surface area contributed by atoms with Crippen LogP contribution < -0.4 is 20.7 Å². The van der Waals surface area contributed by atoms with Gasteiger partial charge in [-0.15, -0.1) is 24.0 Å². The van der Waals surface area contributed by atoms with E-state index in [2.05, 4.69) is 20.9 Å². The predicted octanol–water partition coefficient (Wildman–Crippen LogP) is 2.75. The molecule has 148 valence electrons. The molecule has 0 fully saturated rings. The normalized spacial score (nSPS) is 11.4. The van der Waals surface area contributed by atoms with E-state index >= 15 is 0 Å². The SMILES string of the molecule is CCNC(=NCc1ccc(OC)c(NC(C)=O)c1)NCC(C)(C)OC.I. The standard InChI is InChI=1S/C18H30N4O3.HI/c1-7-19-17(21-12-18(3,4)25-6)20-11-14-8-9-16(24-5)15(10-14)22-13(2)23;/h8-10H,7,11-12H2,1-6H3,(H,22,23)(H2,19,20,21);1H. The highest BCUT2D eigenvalue weighted by Gasteiger charge is 2.16. The summed E-state index contributed by atoms with van der Waals surface area (Å²) >= 11 is 0. The van der Waals surface area contributed by atoms with Gasteiger partial charge in [-0.2, -0.15) is 0 Å². The lowest BCUT2D eigenvalue weighted by molar-refractivity contribution is -0.114. The number of hydrogen-bond acceptors (Lipinski definition) is 4. The average Bonchev–Trinajstić information content (AvgIpc) is 2.57. The molecule has 0 radical (unpaired) electrons. The quantitative estimate of drug-likeness (QED) is 0.304. The van der Waals surface area contributed by atoms with Gasteiger partial charge in [0.1, 0.15) is 5.75 Å². The van der Waals surface area contributed by atoms with Crippen LogP contribution in [0.1, 0.15) is 33.3 Å². The van der Waals surface area contributed by atoms with Crippen molar-refractivity contribution in [2.24, 2.45) is 4.99 Å². The molecule has 7 nitrogen and oxygen atoms in total. The lowest BCUT2D eigenvalue weighted by Crippen LogP contribution is -2.45. The van der Waals surface area contributed by atoms with Crippen LogP contribution in [0.15, 0.2) is 23.2 Å². The Morgan fingerprint density at radius 3 is 2.46 bits per heavy atom. The number of carbonyl (C=O) groups excluding carboxylic acids is 1. The van der Waals surface area contributed by atoms with Gasteiger partial charge in [-0.05, 0) is 38.5 Å². The molecule has 1 rings (SSSR count). The highest BCUT2D eigenvalue weighted by Crippen LogP contribution is 2.25. The second-order valence-corrected chi connectivity index (χ2v) is 6.23. The fourth-order valence-electron chi connectivity index (χ4n) is 2.02. The van der Waals surface area contributed by atoms with Gasteiger partial charge in [0.25, 0.3) is 0 Å². The molecule has 0 aliphatic rings. The van der Waals surface area contributed by atoms with Crippen LogP contribution in [0, 0.1) is 0 Å². The molecule has 26 heavy (non-hydrogen) atoms. The van der Waals surface area contributed by atoms with Gasteiger partial charge in [-0.25, -0.2) is 4.99 Å². The van der Waals surface area contributed by atoms with Gasteiger partial charge >= 0.3 is 0 Å². The van der Waals surface area contributed by atoms with Crippen LogP contribution in [0.4, 0.5) is 5.69 Å². The van der Waals surface area contributed by atoms with Crippen LogP contribution in [-0.2, 0) is 16.1 Å². The summed E-state index contributed by atoms with van der Waals surface area (Å²) in [4.78, 5) is 15.9. The predicted molar refractivity (Wildman–Crippen MR) is 117 cm³/mol. The van der Waals surface area contributed by atoms with E-state index in [1.165, 1.54) is 6.92 Å². The molecule has 0 saturated carbocycles. The Kier molecular flexibility index (Phi) is 11.2. The van der Waals surface area contributed by atoms with Gasteiger partial charge in [0.2, 0.25) is 5.91 Å². The topological polar surface area (TPSA) is 84.0 Å². The molecule has 3 N–H and O–H groups in total. The van der Waals surface area contributed by atoms with Crippen molar-refractivity contribution in [2.75, 3.05) is 32.6 Å². The monoisotopic (exact) mass is 478 g/mol. The zero-order valence-corrected chi connectivity index (χ0v) is 18.8. The van der Waals surface area contributed by atoms with Gasteiger partial charge < -0.3 is 25.4 Å². The molecule has 0 atom stereocenters. The number of halogens is 1. The van der Waals surface area contributed by atoms with Crippen LogP contribution in [0.25, 0.3) is 0 Å². The van der Waals surface area contributed by atoms with Crippen LogP contribution in [0.5, 0.6) is 5.75 Å². The summed E-state index contributed by atoms with van der Waals surface area (Å²) in [6.45, 7) is 9.36. The first-order valence-corrected chi connectivity index (χ1v) is 8.33. The van der Waals surface area contributed by atoms with Crippen LogP contribution >= 0.6 is 24.0 Å². The summed E-state index contributed by atoms with van der Waals surface area (Å²) in [6.07, 6.45) is 0. The van der Waals surface area contributed by atoms with E-state index in [9.17, 15) is 4.79 Å². The minimum Gasteiger partial charge on any atom is -0.495 e. The summed E-state index contributed by atoms with van der Waals surface area (Å²) < 4.78 is 10.7. The molecule has 0 unspecified atom stereocenters. The minimum absolute atomic E-state index is 0. The lowest BCUT2D eigenvalue weighted by Gasteiger charge is -2.24. The fourth-order valence-corrected chi connectivity index (χ4v) is 2.02. The number of rotatable bonds is 8. The van der Waals surface area contributed by atoms with Crippen molar-refractivity contribution in [3.8, 4) is 5.75 Å². The molecule has 1 amide bonds. The van der Waals surface area contributed by atoms with E-state index in [1.807, 2.05) is 39.0 Å². The third-order valence-corrected chi connectivity index (χ3v) is 3.57. The van der Waals surface area contributed by atoms with Crippen molar-refractivity contribution in [2.45, 2.75) is 39.8 Å². The number of hydrogen-bond donors (Lipinski definition) is 3. The van der Waals surface area contributed by atoms with Crippen molar-refractivity contribution in [3.05, 3.63) is 23.8 Å². The number of carbonyl (C=O) groups is 1. The molecule has 1 aromatic rings. The number of amides is 1. The Morgan fingerprint density at radius 1 is 1.23 bits per heavy atom. The number of methoxy groups -OCH3 is 2. The van der Waals surface area contributed by atoms with Crippen molar-refractivity contribution in [1.29, 1.82) is 0 Å². The van der Waals surface area contributed by atoms with Crippen LogP contribution in [0.2, 0.25) is 0 Å². The largest absolute Gasteiger partial charge is 0.495 e. The first-order valence-electron chi connectivity index (χ1n) is 8.33. The molecule has 0 aliphatic carbocycles. The fraction of sp³-hybridized carbons (Fsp3) is 0.556. The number of ether oxygens (including phenoxy) is 2. The first-order chi connectivity index (χ1) is 11.8. The highest BCUT2D eigenvalue weighted by atomic mass is 127. The third-order valence-electron chi connectivity index (χ3n) is 3.57.